The van der Waals surface area contributed by atoms with Crippen molar-refractivity contribution in [2.75, 3.05) is 13.2 Å². The van der Waals surface area contributed by atoms with E-state index in [4.69, 9.17) is 4.74 Å². The number of hydrogen-bond acceptors (Lipinski definition) is 5. The molecule has 0 saturated carbocycles. The van der Waals surface area contributed by atoms with Gasteiger partial charge in [-0.15, -0.1) is 0 Å². The van der Waals surface area contributed by atoms with Gasteiger partial charge in [0.15, 0.2) is 0 Å². The molecule has 6 nitrogen and oxygen atoms in total. The lowest BCUT2D eigenvalue weighted by molar-refractivity contribution is -0.143. The van der Waals surface area contributed by atoms with Gasteiger partial charge in [0.25, 0.3) is 0 Å². The average molecular weight is 971 g/mol. The van der Waals surface area contributed by atoms with Gasteiger partial charge in [-0.2, -0.15) is 0 Å². The number of nitrogens with one attached hydrogen (secondary N) is 1. The minimum atomic E-state index is -0.672. The van der Waals surface area contributed by atoms with Gasteiger partial charge in [-0.3, -0.25) is 9.59 Å². The van der Waals surface area contributed by atoms with Gasteiger partial charge in [-0.05, 0) is 77.0 Å². The Morgan fingerprint density at radius 2 is 0.739 bits per heavy atom. The fraction of sp³-hybridized carbons (Fsp3) is 0.873. The van der Waals surface area contributed by atoms with Gasteiger partial charge in [0, 0.05) is 12.8 Å². The molecule has 0 aliphatic heterocycles. The van der Waals surface area contributed by atoms with E-state index in [1.165, 1.54) is 238 Å². The van der Waals surface area contributed by atoms with Crippen LogP contribution in [0.1, 0.15) is 328 Å². The van der Waals surface area contributed by atoms with Gasteiger partial charge in [0.05, 0.1) is 25.4 Å². The topological polar surface area (TPSA) is 95.9 Å². The van der Waals surface area contributed by atoms with E-state index in [0.717, 1.165) is 57.8 Å². The maximum Gasteiger partial charge on any atom is 0.305 e. The molecule has 3 N–H and O–H groups in total. The minimum absolute atomic E-state index is 0.0105. The highest BCUT2D eigenvalue weighted by atomic mass is 16.5. The van der Waals surface area contributed by atoms with E-state index in [2.05, 4.69) is 55.6 Å². The van der Waals surface area contributed by atoms with Crippen LogP contribution in [-0.2, 0) is 14.3 Å². The van der Waals surface area contributed by atoms with E-state index in [-0.39, 0.29) is 18.5 Å². The third-order valence-corrected chi connectivity index (χ3v) is 14.2. The number of ether oxygens (including phenoxy) is 1. The molecule has 0 heterocycles. The molecule has 0 aromatic rings. The molecule has 0 bridgehead atoms. The van der Waals surface area contributed by atoms with E-state index in [9.17, 15) is 19.8 Å². The fourth-order valence-corrected chi connectivity index (χ4v) is 9.42. The largest absolute Gasteiger partial charge is 0.466 e. The van der Waals surface area contributed by atoms with Crippen molar-refractivity contribution in [3.63, 3.8) is 0 Å². The Labute approximate surface area is 430 Å². The summed E-state index contributed by atoms with van der Waals surface area (Å²) >= 11 is 0. The Kier molecular flexibility index (Phi) is 57.0. The molecule has 0 aromatic heterocycles. The summed E-state index contributed by atoms with van der Waals surface area (Å²) in [7, 11) is 0. The van der Waals surface area contributed by atoms with Crippen molar-refractivity contribution >= 4 is 11.9 Å². The van der Waals surface area contributed by atoms with E-state index in [1.807, 2.05) is 0 Å². The maximum atomic E-state index is 12.5. The highest BCUT2D eigenvalue weighted by Crippen LogP contribution is 2.17. The molecular weight excluding hydrogens is 851 g/mol. The van der Waals surface area contributed by atoms with Crippen molar-refractivity contribution in [3.05, 3.63) is 36.5 Å². The predicted octanol–water partition coefficient (Wildman–Crippen LogP) is 19.2. The number of unbranched alkanes of at least 4 members (excludes halogenated alkanes) is 40. The van der Waals surface area contributed by atoms with E-state index >= 15 is 0 Å². The summed E-state index contributed by atoms with van der Waals surface area (Å²) in [6.45, 7) is 4.91. The van der Waals surface area contributed by atoms with Crippen LogP contribution in [0.25, 0.3) is 0 Å². The first kappa shape index (κ1) is 67.1. The summed E-state index contributed by atoms with van der Waals surface area (Å²) < 4.78 is 5.46. The number of rotatable bonds is 57. The molecule has 0 aromatic carbocycles. The lowest BCUT2D eigenvalue weighted by atomic mass is 10.0. The van der Waals surface area contributed by atoms with Gasteiger partial charge in [0.1, 0.15) is 0 Å². The standard InChI is InChI=1S/C63H119NO5/c1-3-5-7-9-11-13-15-17-19-20-22-25-28-31-35-39-43-47-51-55-61(66)60(59-65)64-62(67)56-52-48-44-40-36-32-29-26-23-21-24-27-30-34-38-42-46-50-54-58-69-63(68)57-53-49-45-41-37-33-18-16-14-12-10-8-6-4-2/h10,12,16,18,21,23,60-61,65-66H,3-9,11,13-15,17,19-20,22,24-59H2,1-2H3,(H,64,67)/b12-10-,18-16-,23-21-. The van der Waals surface area contributed by atoms with Gasteiger partial charge >= 0.3 is 5.97 Å². The highest BCUT2D eigenvalue weighted by Gasteiger charge is 2.20. The number of carbonyl (C=O) groups is 2. The number of amides is 1. The molecule has 0 rings (SSSR count). The number of esters is 1. The molecule has 69 heavy (non-hydrogen) atoms. The van der Waals surface area contributed by atoms with E-state index in [1.54, 1.807) is 0 Å². The van der Waals surface area contributed by atoms with Crippen molar-refractivity contribution in [3.8, 4) is 0 Å². The zero-order chi connectivity index (χ0) is 50.0. The zero-order valence-corrected chi connectivity index (χ0v) is 46.3. The number of aliphatic hydroxyl groups excluding tert-OH is 2. The van der Waals surface area contributed by atoms with Crippen LogP contribution < -0.4 is 5.32 Å². The van der Waals surface area contributed by atoms with Crippen molar-refractivity contribution in [1.29, 1.82) is 0 Å². The lowest BCUT2D eigenvalue weighted by Crippen LogP contribution is -2.45. The zero-order valence-electron chi connectivity index (χ0n) is 46.3. The summed E-state index contributed by atoms with van der Waals surface area (Å²) in [6.07, 6.45) is 72.8. The van der Waals surface area contributed by atoms with Crippen LogP contribution in [0, 0.1) is 0 Å². The van der Waals surface area contributed by atoms with Crippen molar-refractivity contribution in [2.45, 2.75) is 341 Å². The third kappa shape index (κ3) is 55.2. The van der Waals surface area contributed by atoms with Crippen LogP contribution in [0.5, 0.6) is 0 Å². The number of allylic oxidation sites excluding steroid dienone is 6. The Bertz CT molecular complexity index is 1120. The molecule has 0 aliphatic carbocycles. The smallest absolute Gasteiger partial charge is 0.305 e. The average Bonchev–Trinajstić information content (AvgIpc) is 3.35. The molecule has 0 spiro atoms. The van der Waals surface area contributed by atoms with E-state index in [0.29, 0.717) is 25.9 Å². The third-order valence-electron chi connectivity index (χ3n) is 14.2. The van der Waals surface area contributed by atoms with E-state index < -0.39 is 12.1 Å². The van der Waals surface area contributed by atoms with Gasteiger partial charge in [0.2, 0.25) is 5.91 Å². The second-order valence-electron chi connectivity index (χ2n) is 21.0. The summed E-state index contributed by atoms with van der Waals surface area (Å²) in [6, 6.07) is -0.550. The molecule has 0 fully saturated rings. The highest BCUT2D eigenvalue weighted by molar-refractivity contribution is 5.76. The summed E-state index contributed by atoms with van der Waals surface area (Å²) in [5.74, 6) is -0.0532. The van der Waals surface area contributed by atoms with Gasteiger partial charge in [-0.1, -0.05) is 275 Å². The quantitative estimate of drug-likeness (QED) is 0.0321. The fourth-order valence-electron chi connectivity index (χ4n) is 9.42. The van der Waals surface area contributed by atoms with Gasteiger partial charge < -0.3 is 20.3 Å². The molecule has 1 amide bonds. The molecule has 2 unspecified atom stereocenters. The van der Waals surface area contributed by atoms with Crippen LogP contribution in [0.3, 0.4) is 0 Å². The Morgan fingerprint density at radius 3 is 1.16 bits per heavy atom. The van der Waals surface area contributed by atoms with Crippen LogP contribution in [0.2, 0.25) is 0 Å². The molecular formula is C63H119NO5. The number of carbonyl (C=O) groups excluding carboxylic acids is 2. The van der Waals surface area contributed by atoms with Crippen LogP contribution in [0.4, 0.5) is 0 Å². The van der Waals surface area contributed by atoms with Crippen LogP contribution in [0.15, 0.2) is 36.5 Å². The summed E-state index contributed by atoms with van der Waals surface area (Å²) in [5, 5.41) is 23.3. The summed E-state index contributed by atoms with van der Waals surface area (Å²) in [5.41, 5.74) is 0. The molecule has 406 valence electrons. The first-order chi connectivity index (χ1) is 34.0. The first-order valence-corrected chi connectivity index (χ1v) is 30.7. The SMILES string of the molecule is CCCC/C=C\C/C=C\CCCCCCCC(=O)OCCCCCCCCCC/C=C\CCCCCCCCCC(=O)NC(CO)C(O)CCCCCCCCCCCCCCCCCCCCC. The Morgan fingerprint density at radius 1 is 0.406 bits per heavy atom. The Balaban J connectivity index is 3.45. The van der Waals surface area contributed by atoms with Crippen LogP contribution in [-0.4, -0.2) is 47.4 Å². The van der Waals surface area contributed by atoms with Crippen molar-refractivity contribution in [2.24, 2.45) is 0 Å². The number of aliphatic hydroxyl groups is 2. The molecule has 0 saturated heterocycles. The second kappa shape index (κ2) is 58.6. The molecule has 0 aliphatic rings. The summed E-state index contributed by atoms with van der Waals surface area (Å²) in [4.78, 5) is 24.5. The first-order valence-electron chi connectivity index (χ1n) is 30.7. The molecule has 6 heteroatoms. The van der Waals surface area contributed by atoms with Crippen LogP contribution >= 0.6 is 0 Å². The lowest BCUT2D eigenvalue weighted by Gasteiger charge is -2.22. The number of hydrogen-bond donors (Lipinski definition) is 3. The predicted molar refractivity (Wildman–Crippen MR) is 301 cm³/mol. The van der Waals surface area contributed by atoms with Gasteiger partial charge in [-0.25, -0.2) is 0 Å². The maximum absolute atomic E-state index is 12.5. The monoisotopic (exact) mass is 970 g/mol. The minimum Gasteiger partial charge on any atom is -0.466 e. The molecule has 2 atom stereocenters. The second-order valence-corrected chi connectivity index (χ2v) is 21.0. The Hall–Kier alpha value is -1.92. The molecule has 0 radical (unpaired) electrons. The van der Waals surface area contributed by atoms with Crippen molar-refractivity contribution < 1.29 is 24.5 Å². The normalized spacial score (nSPS) is 12.8. The van der Waals surface area contributed by atoms with Crippen molar-refractivity contribution in [1.82, 2.24) is 5.32 Å².